The fraction of sp³-hybridized carbons (Fsp3) is 0.444. The fourth-order valence-electron chi connectivity index (χ4n) is 5.26. The molecular formula is C27H31N3O3. The second kappa shape index (κ2) is 9.76. The molecule has 1 aliphatic carbocycles. The second-order valence-electron chi connectivity index (χ2n) is 9.33. The number of amides is 2. The van der Waals surface area contributed by atoms with E-state index in [0.717, 1.165) is 48.8 Å². The molecule has 2 amide bonds. The lowest BCUT2D eigenvalue weighted by Crippen LogP contribution is -2.66. The maximum absolute atomic E-state index is 13.1. The molecule has 1 aliphatic heterocycles. The van der Waals surface area contributed by atoms with Crippen LogP contribution in [0.5, 0.6) is 0 Å². The summed E-state index contributed by atoms with van der Waals surface area (Å²) in [6.07, 6.45) is 5.02. The van der Waals surface area contributed by atoms with E-state index < -0.39 is 6.04 Å². The quantitative estimate of drug-likeness (QED) is 0.758. The number of likely N-dealkylation sites (tertiary alicyclic amines) is 1. The van der Waals surface area contributed by atoms with Crippen molar-refractivity contribution in [2.75, 3.05) is 20.7 Å². The zero-order valence-electron chi connectivity index (χ0n) is 19.3. The summed E-state index contributed by atoms with van der Waals surface area (Å²) in [7, 11) is 3.46. The minimum atomic E-state index is -0.552. The molecular weight excluding hydrogens is 414 g/mol. The Kier molecular flexibility index (Phi) is 6.80. The number of nitriles is 1. The van der Waals surface area contributed by atoms with Crippen LogP contribution in [0, 0.1) is 17.2 Å². The van der Waals surface area contributed by atoms with Gasteiger partial charge in [-0.2, -0.15) is 5.26 Å². The van der Waals surface area contributed by atoms with Gasteiger partial charge < -0.3 is 14.9 Å². The standard InChI is InChI=1S/C27H31N3O3/c1-29(2)26(32)22-10-6-9-21(15-22)18-11-13-19(14-12-18)25-23(16-28)30(24(25)17-31)27(33)20-7-4-3-5-8-20/h6,9-15,20,23-25,31H,3-5,7-8,17H2,1-2H3/t23-,24+,25-/m0/s1. The van der Waals surface area contributed by atoms with Gasteiger partial charge in [0.15, 0.2) is 0 Å². The third-order valence-electron chi connectivity index (χ3n) is 7.08. The lowest BCUT2D eigenvalue weighted by Gasteiger charge is -2.52. The van der Waals surface area contributed by atoms with Crippen molar-refractivity contribution in [1.82, 2.24) is 9.80 Å². The Balaban J connectivity index is 1.54. The predicted octanol–water partition coefficient (Wildman–Crippen LogP) is 3.81. The number of hydrogen-bond donors (Lipinski definition) is 1. The molecule has 2 aromatic carbocycles. The molecule has 2 aliphatic rings. The molecule has 0 unspecified atom stereocenters. The highest BCUT2D eigenvalue weighted by Crippen LogP contribution is 2.43. The fourth-order valence-corrected chi connectivity index (χ4v) is 5.26. The normalized spacial score (nSPS) is 22.8. The highest BCUT2D eigenvalue weighted by atomic mass is 16.3. The van der Waals surface area contributed by atoms with Crippen molar-refractivity contribution in [3.63, 3.8) is 0 Å². The molecule has 2 fully saturated rings. The zero-order chi connectivity index (χ0) is 23.5. The van der Waals surface area contributed by atoms with Crippen LogP contribution in [0.3, 0.4) is 0 Å². The molecule has 1 heterocycles. The van der Waals surface area contributed by atoms with Crippen LogP contribution >= 0.6 is 0 Å². The predicted molar refractivity (Wildman–Crippen MR) is 126 cm³/mol. The molecule has 6 heteroatoms. The highest BCUT2D eigenvalue weighted by molar-refractivity contribution is 5.95. The summed E-state index contributed by atoms with van der Waals surface area (Å²) >= 11 is 0. The summed E-state index contributed by atoms with van der Waals surface area (Å²) in [6.45, 7) is -0.155. The first-order valence-corrected chi connectivity index (χ1v) is 11.7. The monoisotopic (exact) mass is 445 g/mol. The van der Waals surface area contributed by atoms with Crippen LogP contribution in [0.15, 0.2) is 48.5 Å². The number of rotatable bonds is 5. The molecule has 1 saturated heterocycles. The summed E-state index contributed by atoms with van der Waals surface area (Å²) in [4.78, 5) is 28.6. The van der Waals surface area contributed by atoms with Gasteiger partial charge in [-0.3, -0.25) is 9.59 Å². The first-order chi connectivity index (χ1) is 16.0. The molecule has 1 N–H and O–H groups in total. The number of hydrogen-bond acceptors (Lipinski definition) is 4. The van der Waals surface area contributed by atoms with E-state index >= 15 is 0 Å². The number of carbonyl (C=O) groups excluding carboxylic acids is 2. The van der Waals surface area contributed by atoms with Crippen LogP contribution in [0.25, 0.3) is 11.1 Å². The molecule has 2 aromatic rings. The third-order valence-corrected chi connectivity index (χ3v) is 7.08. The first-order valence-electron chi connectivity index (χ1n) is 11.7. The molecule has 33 heavy (non-hydrogen) atoms. The van der Waals surface area contributed by atoms with Crippen LogP contribution in [0.1, 0.15) is 53.9 Å². The van der Waals surface area contributed by atoms with E-state index in [1.165, 1.54) is 0 Å². The van der Waals surface area contributed by atoms with E-state index in [0.29, 0.717) is 5.56 Å². The van der Waals surface area contributed by atoms with Gasteiger partial charge in [0.25, 0.3) is 5.91 Å². The van der Waals surface area contributed by atoms with Crippen molar-refractivity contribution in [2.24, 2.45) is 5.92 Å². The van der Waals surface area contributed by atoms with Gasteiger partial charge in [-0.15, -0.1) is 0 Å². The molecule has 172 valence electrons. The van der Waals surface area contributed by atoms with Crippen LogP contribution in [0.2, 0.25) is 0 Å². The Labute approximate surface area is 195 Å². The van der Waals surface area contributed by atoms with E-state index in [1.807, 2.05) is 42.5 Å². The van der Waals surface area contributed by atoms with Gasteiger partial charge in [0.05, 0.1) is 18.7 Å². The topological polar surface area (TPSA) is 84.6 Å². The summed E-state index contributed by atoms with van der Waals surface area (Å²) < 4.78 is 0. The van der Waals surface area contributed by atoms with Crippen molar-refractivity contribution in [2.45, 2.75) is 50.1 Å². The maximum atomic E-state index is 13.1. The lowest BCUT2D eigenvalue weighted by molar-refractivity contribution is -0.152. The van der Waals surface area contributed by atoms with Crippen molar-refractivity contribution < 1.29 is 14.7 Å². The second-order valence-corrected chi connectivity index (χ2v) is 9.33. The van der Waals surface area contributed by atoms with Crippen LogP contribution in [-0.4, -0.2) is 59.5 Å². The molecule has 6 nitrogen and oxygen atoms in total. The Morgan fingerprint density at radius 3 is 2.36 bits per heavy atom. The highest BCUT2D eigenvalue weighted by Gasteiger charge is 2.52. The molecule has 3 atom stereocenters. The molecule has 0 radical (unpaired) electrons. The number of aliphatic hydroxyl groups is 1. The summed E-state index contributed by atoms with van der Waals surface area (Å²) in [5.74, 6) is -0.253. The lowest BCUT2D eigenvalue weighted by atomic mass is 9.74. The van der Waals surface area contributed by atoms with Crippen molar-refractivity contribution in [3.05, 3.63) is 59.7 Å². The molecule has 0 aromatic heterocycles. The summed E-state index contributed by atoms with van der Waals surface area (Å²) in [5.41, 5.74) is 3.48. The molecule has 0 spiro atoms. The van der Waals surface area contributed by atoms with Gasteiger partial charge in [-0.05, 0) is 41.7 Å². The van der Waals surface area contributed by atoms with Gasteiger partial charge in [-0.1, -0.05) is 55.7 Å². The van der Waals surface area contributed by atoms with Crippen LogP contribution in [-0.2, 0) is 4.79 Å². The van der Waals surface area contributed by atoms with E-state index in [1.54, 1.807) is 30.0 Å². The number of carbonyl (C=O) groups is 2. The Bertz CT molecular complexity index is 1050. The first kappa shape index (κ1) is 23.0. The van der Waals surface area contributed by atoms with Crippen molar-refractivity contribution in [3.8, 4) is 17.2 Å². The minimum Gasteiger partial charge on any atom is -0.394 e. The third kappa shape index (κ3) is 4.38. The Hall–Kier alpha value is -3.17. The van der Waals surface area contributed by atoms with Crippen LogP contribution in [0.4, 0.5) is 0 Å². The van der Waals surface area contributed by atoms with Gasteiger partial charge in [-0.25, -0.2) is 0 Å². The molecule has 1 saturated carbocycles. The van der Waals surface area contributed by atoms with Gasteiger partial charge in [0.1, 0.15) is 6.04 Å². The SMILES string of the molecule is CN(C)C(=O)c1cccc(-c2ccc([C@@H]3[C@@H](CO)N(C(=O)C4CCCCC4)[C@H]3C#N)cc2)c1. The average Bonchev–Trinajstić information content (AvgIpc) is 2.84. The van der Waals surface area contributed by atoms with Gasteiger partial charge in [0.2, 0.25) is 5.91 Å². The number of nitrogens with zero attached hydrogens (tertiary/aromatic N) is 3. The maximum Gasteiger partial charge on any atom is 0.253 e. The van der Waals surface area contributed by atoms with Crippen molar-refractivity contribution in [1.29, 1.82) is 5.26 Å². The van der Waals surface area contributed by atoms with E-state index in [-0.39, 0.29) is 36.3 Å². The zero-order valence-corrected chi connectivity index (χ0v) is 19.3. The average molecular weight is 446 g/mol. The molecule has 4 rings (SSSR count). The van der Waals surface area contributed by atoms with Crippen LogP contribution < -0.4 is 0 Å². The Morgan fingerprint density at radius 2 is 1.76 bits per heavy atom. The summed E-state index contributed by atoms with van der Waals surface area (Å²) in [5, 5.41) is 19.9. The van der Waals surface area contributed by atoms with E-state index in [2.05, 4.69) is 6.07 Å². The number of aliphatic hydroxyl groups excluding tert-OH is 1. The summed E-state index contributed by atoms with van der Waals surface area (Å²) in [6, 6.07) is 16.8. The van der Waals surface area contributed by atoms with Crippen molar-refractivity contribution >= 4 is 11.8 Å². The molecule has 0 bridgehead atoms. The minimum absolute atomic E-state index is 0.0237. The smallest absolute Gasteiger partial charge is 0.253 e. The van der Waals surface area contributed by atoms with Gasteiger partial charge in [0, 0.05) is 31.5 Å². The number of benzene rings is 2. The van der Waals surface area contributed by atoms with Gasteiger partial charge >= 0.3 is 0 Å². The largest absolute Gasteiger partial charge is 0.394 e. The Morgan fingerprint density at radius 1 is 1.06 bits per heavy atom. The van der Waals surface area contributed by atoms with E-state index in [4.69, 9.17) is 0 Å². The van der Waals surface area contributed by atoms with E-state index in [9.17, 15) is 20.0 Å².